The molecule has 1 aromatic heterocycles. The van der Waals surface area contributed by atoms with Crippen molar-refractivity contribution in [3.05, 3.63) is 34.2 Å². The molecule has 3 heteroatoms. The molecule has 0 aliphatic heterocycles. The van der Waals surface area contributed by atoms with Crippen LogP contribution in [0.5, 0.6) is 0 Å². The molecule has 0 unspecified atom stereocenters. The molecule has 0 amide bonds. The molecule has 0 saturated heterocycles. The van der Waals surface area contributed by atoms with Crippen LogP contribution < -0.4 is 5.56 Å². The van der Waals surface area contributed by atoms with Crippen LogP contribution in [0.2, 0.25) is 0 Å². The molecule has 0 N–H and O–H groups in total. The lowest BCUT2D eigenvalue weighted by Gasteiger charge is -2.09. The smallest absolute Gasteiger partial charge is 0.254 e. The lowest BCUT2D eigenvalue weighted by atomic mass is 10.2. The average Bonchev–Trinajstić information content (AvgIpc) is 1.98. The van der Waals surface area contributed by atoms with Crippen molar-refractivity contribution in [3.63, 3.8) is 0 Å². The number of rotatable bonds is 2. The number of hydrogen-bond donors (Lipinski definition) is 0. The van der Waals surface area contributed by atoms with Crippen molar-refractivity contribution in [3.8, 4) is 0 Å². The average molecular weight is 166 g/mol. The van der Waals surface area contributed by atoms with E-state index in [1.807, 2.05) is 31.1 Å². The minimum atomic E-state index is 0.0891. The van der Waals surface area contributed by atoms with Gasteiger partial charge in [0, 0.05) is 25.4 Å². The van der Waals surface area contributed by atoms with Crippen LogP contribution in [0.4, 0.5) is 0 Å². The minimum Gasteiger partial charge on any atom is -0.318 e. The summed E-state index contributed by atoms with van der Waals surface area (Å²) >= 11 is 0. The van der Waals surface area contributed by atoms with Crippen molar-refractivity contribution in [1.29, 1.82) is 0 Å². The molecule has 3 nitrogen and oxygen atoms in total. The van der Waals surface area contributed by atoms with E-state index < -0.39 is 0 Å². The Labute approximate surface area is 72.2 Å². The second-order valence-electron chi connectivity index (χ2n) is 3.19. The van der Waals surface area contributed by atoms with E-state index in [0.717, 1.165) is 5.56 Å². The Morgan fingerprint density at radius 3 is 2.75 bits per heavy atom. The SMILES string of the molecule is CN(C)Cc1cccn(C)c1=O. The Kier molecular flexibility index (Phi) is 2.65. The van der Waals surface area contributed by atoms with Crippen molar-refractivity contribution in [2.45, 2.75) is 6.54 Å². The summed E-state index contributed by atoms with van der Waals surface area (Å²) in [6.07, 6.45) is 1.77. The third kappa shape index (κ3) is 1.95. The third-order valence-electron chi connectivity index (χ3n) is 1.69. The van der Waals surface area contributed by atoms with Gasteiger partial charge in [-0.2, -0.15) is 0 Å². The van der Waals surface area contributed by atoms with Gasteiger partial charge in [0.1, 0.15) is 0 Å². The minimum absolute atomic E-state index is 0.0891. The van der Waals surface area contributed by atoms with Crippen molar-refractivity contribution < 1.29 is 0 Å². The Morgan fingerprint density at radius 1 is 1.50 bits per heavy atom. The molecular weight excluding hydrogens is 152 g/mol. The van der Waals surface area contributed by atoms with Gasteiger partial charge in [-0.1, -0.05) is 6.07 Å². The molecule has 0 fully saturated rings. The van der Waals surface area contributed by atoms with E-state index in [4.69, 9.17) is 0 Å². The number of nitrogens with zero attached hydrogens (tertiary/aromatic N) is 2. The van der Waals surface area contributed by atoms with Gasteiger partial charge in [0.25, 0.3) is 5.56 Å². The first-order valence-corrected chi connectivity index (χ1v) is 3.90. The van der Waals surface area contributed by atoms with E-state index in [9.17, 15) is 4.79 Å². The van der Waals surface area contributed by atoms with Crippen molar-refractivity contribution in [1.82, 2.24) is 9.47 Å². The zero-order chi connectivity index (χ0) is 9.14. The molecule has 0 spiro atoms. The van der Waals surface area contributed by atoms with Crippen LogP contribution in [0.1, 0.15) is 5.56 Å². The van der Waals surface area contributed by atoms with Crippen molar-refractivity contribution in [2.75, 3.05) is 14.1 Å². The predicted molar refractivity (Wildman–Crippen MR) is 49.1 cm³/mol. The predicted octanol–water partition coefficient (Wildman–Crippen LogP) is 0.447. The van der Waals surface area contributed by atoms with Crippen LogP contribution in [-0.2, 0) is 13.6 Å². The van der Waals surface area contributed by atoms with Crippen LogP contribution in [0.15, 0.2) is 23.1 Å². The standard InChI is InChI=1S/C9H14N2O/c1-10(2)7-8-5-4-6-11(3)9(8)12/h4-6H,7H2,1-3H3. The quantitative estimate of drug-likeness (QED) is 0.637. The van der Waals surface area contributed by atoms with Gasteiger partial charge in [0.05, 0.1) is 0 Å². The molecular formula is C9H14N2O. The van der Waals surface area contributed by atoms with Crippen LogP contribution in [0.3, 0.4) is 0 Å². The lowest BCUT2D eigenvalue weighted by Crippen LogP contribution is -2.24. The lowest BCUT2D eigenvalue weighted by molar-refractivity contribution is 0.399. The highest BCUT2D eigenvalue weighted by molar-refractivity contribution is 5.09. The number of aromatic nitrogens is 1. The van der Waals surface area contributed by atoms with E-state index in [2.05, 4.69) is 0 Å². The van der Waals surface area contributed by atoms with Crippen LogP contribution >= 0.6 is 0 Å². The molecule has 0 aromatic carbocycles. The summed E-state index contributed by atoms with van der Waals surface area (Å²) in [6, 6.07) is 3.75. The monoisotopic (exact) mass is 166 g/mol. The van der Waals surface area contributed by atoms with Crippen molar-refractivity contribution in [2.24, 2.45) is 7.05 Å². The Bertz CT molecular complexity index is 315. The Balaban J connectivity index is 3.01. The summed E-state index contributed by atoms with van der Waals surface area (Å²) in [6.45, 7) is 0.702. The molecule has 0 aliphatic carbocycles. The van der Waals surface area contributed by atoms with Gasteiger partial charge < -0.3 is 9.47 Å². The maximum atomic E-state index is 11.4. The second kappa shape index (κ2) is 3.54. The molecule has 0 saturated carbocycles. The molecule has 0 atom stereocenters. The number of aryl methyl sites for hydroxylation is 1. The van der Waals surface area contributed by atoms with Crippen LogP contribution in [-0.4, -0.2) is 23.6 Å². The molecule has 0 aliphatic rings. The van der Waals surface area contributed by atoms with Gasteiger partial charge in [0.2, 0.25) is 0 Å². The fourth-order valence-electron chi connectivity index (χ4n) is 1.11. The first-order chi connectivity index (χ1) is 5.61. The Morgan fingerprint density at radius 2 is 2.17 bits per heavy atom. The summed E-state index contributed by atoms with van der Waals surface area (Å²) in [4.78, 5) is 13.4. The van der Waals surface area contributed by atoms with E-state index in [0.29, 0.717) is 6.54 Å². The summed E-state index contributed by atoms with van der Waals surface area (Å²) in [5.41, 5.74) is 0.927. The summed E-state index contributed by atoms with van der Waals surface area (Å²) < 4.78 is 1.60. The normalized spacial score (nSPS) is 10.7. The number of hydrogen-bond acceptors (Lipinski definition) is 2. The highest BCUT2D eigenvalue weighted by atomic mass is 16.1. The van der Waals surface area contributed by atoms with Gasteiger partial charge in [-0.25, -0.2) is 0 Å². The van der Waals surface area contributed by atoms with E-state index in [1.165, 1.54) is 0 Å². The van der Waals surface area contributed by atoms with Gasteiger partial charge in [-0.3, -0.25) is 4.79 Å². The third-order valence-corrected chi connectivity index (χ3v) is 1.69. The highest BCUT2D eigenvalue weighted by Crippen LogP contribution is 1.93. The van der Waals surface area contributed by atoms with E-state index >= 15 is 0 Å². The maximum absolute atomic E-state index is 11.4. The van der Waals surface area contributed by atoms with Crippen LogP contribution in [0, 0.1) is 0 Å². The highest BCUT2D eigenvalue weighted by Gasteiger charge is 2.00. The van der Waals surface area contributed by atoms with Gasteiger partial charge >= 0.3 is 0 Å². The first-order valence-electron chi connectivity index (χ1n) is 3.90. The second-order valence-corrected chi connectivity index (χ2v) is 3.19. The largest absolute Gasteiger partial charge is 0.318 e. The van der Waals surface area contributed by atoms with Crippen molar-refractivity contribution >= 4 is 0 Å². The molecule has 1 heterocycles. The number of pyridine rings is 1. The molecule has 0 bridgehead atoms. The topological polar surface area (TPSA) is 25.2 Å². The summed E-state index contributed by atoms with van der Waals surface area (Å²) in [5, 5.41) is 0. The van der Waals surface area contributed by atoms with E-state index in [1.54, 1.807) is 17.8 Å². The zero-order valence-corrected chi connectivity index (χ0v) is 7.74. The molecule has 1 rings (SSSR count). The molecule has 12 heavy (non-hydrogen) atoms. The molecule has 0 radical (unpaired) electrons. The zero-order valence-electron chi connectivity index (χ0n) is 7.74. The van der Waals surface area contributed by atoms with Gasteiger partial charge in [0.15, 0.2) is 0 Å². The Hall–Kier alpha value is -1.09. The summed E-state index contributed by atoms with van der Waals surface area (Å²) in [5.74, 6) is 0. The maximum Gasteiger partial charge on any atom is 0.254 e. The summed E-state index contributed by atoms with van der Waals surface area (Å²) in [7, 11) is 5.67. The van der Waals surface area contributed by atoms with Crippen LogP contribution in [0.25, 0.3) is 0 Å². The van der Waals surface area contributed by atoms with Gasteiger partial charge in [-0.15, -0.1) is 0 Å². The fourth-order valence-corrected chi connectivity index (χ4v) is 1.11. The molecule has 1 aromatic rings. The molecule has 66 valence electrons. The van der Waals surface area contributed by atoms with E-state index in [-0.39, 0.29) is 5.56 Å². The fraction of sp³-hybridized carbons (Fsp3) is 0.444. The first kappa shape index (κ1) is 9.00. The van der Waals surface area contributed by atoms with Gasteiger partial charge in [-0.05, 0) is 20.2 Å².